The Labute approximate surface area is 91.3 Å². The molecule has 86 valence electrons. The van der Waals surface area contributed by atoms with Crippen molar-refractivity contribution in [1.82, 2.24) is 9.55 Å². The maximum Gasteiger partial charge on any atom is 0.147 e. The third-order valence-corrected chi connectivity index (χ3v) is 3.37. The van der Waals surface area contributed by atoms with E-state index in [1.807, 2.05) is 13.1 Å². The first-order valence-electron chi connectivity index (χ1n) is 5.14. The van der Waals surface area contributed by atoms with Gasteiger partial charge in [0.25, 0.3) is 0 Å². The summed E-state index contributed by atoms with van der Waals surface area (Å²) in [6.07, 6.45) is 7.73. The second kappa shape index (κ2) is 5.30. The molecular weight excluding hydrogens is 212 g/mol. The summed E-state index contributed by atoms with van der Waals surface area (Å²) in [4.78, 5) is 4.12. The van der Waals surface area contributed by atoms with Crippen molar-refractivity contribution < 1.29 is 8.42 Å². The normalized spacial score (nSPS) is 11.9. The maximum absolute atomic E-state index is 10.9. The van der Waals surface area contributed by atoms with Crippen LogP contribution >= 0.6 is 0 Å². The summed E-state index contributed by atoms with van der Waals surface area (Å²) < 4.78 is 23.8. The zero-order valence-electron chi connectivity index (χ0n) is 9.31. The molecule has 0 N–H and O–H groups in total. The highest BCUT2D eigenvalue weighted by atomic mass is 32.2. The van der Waals surface area contributed by atoms with Crippen LogP contribution in [0.15, 0.2) is 12.4 Å². The van der Waals surface area contributed by atoms with Crippen LogP contribution in [-0.2, 0) is 16.4 Å². The lowest BCUT2D eigenvalue weighted by atomic mass is 10.2. The SMILES string of the molecule is Cc1nccn1CCCCCS(C)(=O)=O. The zero-order chi connectivity index (χ0) is 11.3. The van der Waals surface area contributed by atoms with Gasteiger partial charge in [0.05, 0.1) is 0 Å². The third-order valence-electron chi connectivity index (χ3n) is 2.34. The van der Waals surface area contributed by atoms with Crippen LogP contribution in [0.4, 0.5) is 0 Å². The monoisotopic (exact) mass is 230 g/mol. The highest BCUT2D eigenvalue weighted by Gasteiger charge is 2.01. The fourth-order valence-electron chi connectivity index (χ4n) is 1.46. The Hall–Kier alpha value is -0.840. The molecule has 15 heavy (non-hydrogen) atoms. The molecule has 4 nitrogen and oxygen atoms in total. The molecule has 0 saturated heterocycles. The van der Waals surface area contributed by atoms with Crippen molar-refractivity contribution in [2.75, 3.05) is 12.0 Å². The van der Waals surface area contributed by atoms with E-state index in [1.54, 1.807) is 6.20 Å². The lowest BCUT2D eigenvalue weighted by Gasteiger charge is -2.04. The molecular formula is C10H18N2O2S. The van der Waals surface area contributed by atoms with Gasteiger partial charge >= 0.3 is 0 Å². The lowest BCUT2D eigenvalue weighted by Crippen LogP contribution is -2.04. The number of imidazole rings is 1. The van der Waals surface area contributed by atoms with Crippen LogP contribution in [0.1, 0.15) is 25.1 Å². The van der Waals surface area contributed by atoms with Crippen molar-refractivity contribution in [1.29, 1.82) is 0 Å². The zero-order valence-corrected chi connectivity index (χ0v) is 10.1. The van der Waals surface area contributed by atoms with Gasteiger partial charge in [0.2, 0.25) is 0 Å². The van der Waals surface area contributed by atoms with Gasteiger partial charge in [-0.15, -0.1) is 0 Å². The molecule has 1 aromatic rings. The number of unbranched alkanes of at least 4 members (excludes halogenated alkanes) is 2. The Morgan fingerprint density at radius 3 is 2.60 bits per heavy atom. The molecule has 0 fully saturated rings. The first kappa shape index (κ1) is 12.2. The summed E-state index contributed by atoms with van der Waals surface area (Å²) in [6.45, 7) is 2.89. The molecule has 1 rings (SSSR count). The van der Waals surface area contributed by atoms with Gasteiger partial charge in [-0.2, -0.15) is 0 Å². The molecule has 0 aliphatic heterocycles. The first-order chi connectivity index (χ1) is 6.99. The van der Waals surface area contributed by atoms with Crippen LogP contribution in [0.2, 0.25) is 0 Å². The van der Waals surface area contributed by atoms with E-state index in [4.69, 9.17) is 0 Å². The molecule has 0 aliphatic carbocycles. The van der Waals surface area contributed by atoms with E-state index in [9.17, 15) is 8.42 Å². The fraction of sp³-hybridized carbons (Fsp3) is 0.700. The van der Waals surface area contributed by atoms with E-state index in [1.165, 1.54) is 6.26 Å². The second-order valence-electron chi connectivity index (χ2n) is 3.86. The number of aryl methyl sites for hydroxylation is 2. The van der Waals surface area contributed by atoms with Crippen molar-refractivity contribution in [3.8, 4) is 0 Å². The predicted octanol–water partition coefficient (Wildman–Crippen LogP) is 1.41. The van der Waals surface area contributed by atoms with Crippen LogP contribution in [0.3, 0.4) is 0 Å². The molecule has 0 spiro atoms. The van der Waals surface area contributed by atoms with Gasteiger partial charge in [-0.05, 0) is 19.8 Å². The van der Waals surface area contributed by atoms with Crippen molar-refractivity contribution >= 4 is 9.84 Å². The van der Waals surface area contributed by atoms with Crippen LogP contribution in [-0.4, -0.2) is 30.0 Å². The molecule has 1 heterocycles. The van der Waals surface area contributed by atoms with Crippen LogP contribution in [0.5, 0.6) is 0 Å². The topological polar surface area (TPSA) is 52.0 Å². The summed E-state index contributed by atoms with van der Waals surface area (Å²) >= 11 is 0. The van der Waals surface area contributed by atoms with Gasteiger partial charge in [-0.3, -0.25) is 0 Å². The Bertz CT molecular complexity index is 395. The quantitative estimate of drug-likeness (QED) is 0.694. The Morgan fingerprint density at radius 1 is 1.33 bits per heavy atom. The smallest absolute Gasteiger partial charge is 0.147 e. The third kappa shape index (κ3) is 4.97. The summed E-state index contributed by atoms with van der Waals surface area (Å²) in [5.41, 5.74) is 0. The van der Waals surface area contributed by atoms with Crippen LogP contribution in [0, 0.1) is 6.92 Å². The standard InChI is InChI=1S/C10H18N2O2S/c1-10-11-6-8-12(10)7-4-3-5-9-15(2,13)14/h6,8H,3-5,7,9H2,1-2H3. The molecule has 5 heteroatoms. The van der Waals surface area contributed by atoms with E-state index in [-0.39, 0.29) is 0 Å². The van der Waals surface area contributed by atoms with Crippen molar-refractivity contribution in [3.63, 3.8) is 0 Å². The minimum absolute atomic E-state index is 0.301. The highest BCUT2D eigenvalue weighted by Crippen LogP contribution is 2.03. The van der Waals surface area contributed by atoms with Crippen molar-refractivity contribution in [2.24, 2.45) is 0 Å². The van der Waals surface area contributed by atoms with Crippen LogP contribution in [0.25, 0.3) is 0 Å². The van der Waals surface area contributed by atoms with E-state index < -0.39 is 9.84 Å². The molecule has 0 amide bonds. The number of hydrogen-bond acceptors (Lipinski definition) is 3. The van der Waals surface area contributed by atoms with Crippen molar-refractivity contribution in [3.05, 3.63) is 18.2 Å². The molecule has 0 aliphatic rings. The second-order valence-corrected chi connectivity index (χ2v) is 6.12. The van der Waals surface area contributed by atoms with Gasteiger partial charge in [0.1, 0.15) is 15.7 Å². The molecule has 0 bridgehead atoms. The van der Waals surface area contributed by atoms with E-state index in [0.29, 0.717) is 5.75 Å². The van der Waals surface area contributed by atoms with E-state index in [0.717, 1.165) is 31.6 Å². The fourth-order valence-corrected chi connectivity index (χ4v) is 2.19. The average molecular weight is 230 g/mol. The van der Waals surface area contributed by atoms with Crippen LogP contribution < -0.4 is 0 Å². The Balaban J connectivity index is 2.15. The van der Waals surface area contributed by atoms with Gasteiger partial charge in [0, 0.05) is 30.9 Å². The number of rotatable bonds is 6. The van der Waals surface area contributed by atoms with Gasteiger partial charge < -0.3 is 4.57 Å². The summed E-state index contributed by atoms with van der Waals surface area (Å²) in [5, 5.41) is 0. The average Bonchev–Trinajstić information content (AvgIpc) is 2.49. The molecule has 0 aromatic carbocycles. The van der Waals surface area contributed by atoms with E-state index in [2.05, 4.69) is 9.55 Å². The summed E-state index contributed by atoms with van der Waals surface area (Å²) in [6, 6.07) is 0. The maximum atomic E-state index is 10.9. The largest absolute Gasteiger partial charge is 0.335 e. The lowest BCUT2D eigenvalue weighted by molar-refractivity contribution is 0.576. The van der Waals surface area contributed by atoms with Gasteiger partial charge in [-0.25, -0.2) is 13.4 Å². The minimum Gasteiger partial charge on any atom is -0.335 e. The predicted molar refractivity (Wildman–Crippen MR) is 60.5 cm³/mol. The number of hydrogen-bond donors (Lipinski definition) is 0. The van der Waals surface area contributed by atoms with Crippen molar-refractivity contribution in [2.45, 2.75) is 32.7 Å². The molecule has 0 saturated carbocycles. The first-order valence-corrected chi connectivity index (χ1v) is 7.20. The molecule has 0 unspecified atom stereocenters. The summed E-state index contributed by atoms with van der Waals surface area (Å²) in [7, 11) is -2.79. The van der Waals surface area contributed by atoms with Gasteiger partial charge in [0.15, 0.2) is 0 Å². The number of nitrogens with zero attached hydrogens (tertiary/aromatic N) is 2. The highest BCUT2D eigenvalue weighted by molar-refractivity contribution is 7.90. The summed E-state index contributed by atoms with van der Waals surface area (Å²) in [5.74, 6) is 1.31. The number of sulfone groups is 1. The number of aromatic nitrogens is 2. The molecule has 1 aromatic heterocycles. The van der Waals surface area contributed by atoms with E-state index >= 15 is 0 Å². The Kier molecular flexibility index (Phi) is 4.32. The van der Waals surface area contributed by atoms with Gasteiger partial charge in [-0.1, -0.05) is 6.42 Å². The minimum atomic E-state index is -2.79. The Morgan fingerprint density at radius 2 is 2.07 bits per heavy atom. The molecule has 0 atom stereocenters. The molecule has 0 radical (unpaired) electrons.